The summed E-state index contributed by atoms with van der Waals surface area (Å²) in [6.07, 6.45) is 1.68. The minimum atomic E-state index is -0.827. The summed E-state index contributed by atoms with van der Waals surface area (Å²) in [6.45, 7) is 5.03. The standard InChI is InChI=1S/C13H20O2/c1-3-10-13(14,11-15-4-2)12-8-6-5-7-9-12/h5-9,14H,3-4,10-11H2,1-2H3. The first kappa shape index (κ1) is 12.2. The lowest BCUT2D eigenvalue weighted by molar-refractivity contribution is -0.0542. The molecule has 0 saturated heterocycles. The quantitative estimate of drug-likeness (QED) is 0.779. The lowest BCUT2D eigenvalue weighted by atomic mass is 9.90. The predicted molar refractivity (Wildman–Crippen MR) is 61.7 cm³/mol. The lowest BCUT2D eigenvalue weighted by Crippen LogP contribution is -2.31. The number of rotatable bonds is 6. The summed E-state index contributed by atoms with van der Waals surface area (Å²) in [5.41, 5.74) is 0.117. The lowest BCUT2D eigenvalue weighted by Gasteiger charge is -2.28. The molecule has 0 spiro atoms. The molecular formula is C13H20O2. The second-order valence-electron chi connectivity index (χ2n) is 3.78. The topological polar surface area (TPSA) is 29.5 Å². The molecule has 0 bridgehead atoms. The van der Waals surface area contributed by atoms with Crippen LogP contribution < -0.4 is 0 Å². The van der Waals surface area contributed by atoms with Crippen molar-refractivity contribution in [3.8, 4) is 0 Å². The highest BCUT2D eigenvalue weighted by atomic mass is 16.5. The first-order valence-corrected chi connectivity index (χ1v) is 5.58. The second-order valence-corrected chi connectivity index (χ2v) is 3.78. The van der Waals surface area contributed by atoms with Gasteiger partial charge in [0, 0.05) is 6.61 Å². The van der Waals surface area contributed by atoms with Gasteiger partial charge < -0.3 is 9.84 Å². The van der Waals surface area contributed by atoms with Gasteiger partial charge in [0.1, 0.15) is 5.60 Å². The van der Waals surface area contributed by atoms with Gasteiger partial charge >= 0.3 is 0 Å². The predicted octanol–water partition coefficient (Wildman–Crippen LogP) is 2.71. The molecule has 1 atom stereocenters. The van der Waals surface area contributed by atoms with E-state index < -0.39 is 5.60 Å². The molecule has 1 aromatic rings. The van der Waals surface area contributed by atoms with Crippen LogP contribution in [0.4, 0.5) is 0 Å². The summed E-state index contributed by atoms with van der Waals surface area (Å²) in [5.74, 6) is 0. The Kier molecular flexibility index (Phi) is 4.79. The van der Waals surface area contributed by atoms with E-state index in [4.69, 9.17) is 4.74 Å². The largest absolute Gasteiger partial charge is 0.383 e. The van der Waals surface area contributed by atoms with E-state index >= 15 is 0 Å². The summed E-state index contributed by atoms with van der Waals surface area (Å²) in [7, 11) is 0. The summed E-state index contributed by atoms with van der Waals surface area (Å²) in [4.78, 5) is 0. The highest BCUT2D eigenvalue weighted by molar-refractivity contribution is 5.22. The number of hydrogen-bond acceptors (Lipinski definition) is 2. The minimum Gasteiger partial charge on any atom is -0.383 e. The van der Waals surface area contributed by atoms with Crippen LogP contribution >= 0.6 is 0 Å². The number of aliphatic hydroxyl groups is 1. The Balaban J connectivity index is 2.80. The van der Waals surface area contributed by atoms with Gasteiger partial charge in [-0.3, -0.25) is 0 Å². The van der Waals surface area contributed by atoms with E-state index in [1.54, 1.807) is 0 Å². The van der Waals surface area contributed by atoms with Crippen LogP contribution in [-0.2, 0) is 10.3 Å². The molecule has 0 aromatic heterocycles. The van der Waals surface area contributed by atoms with Crippen molar-refractivity contribution in [2.24, 2.45) is 0 Å². The number of hydrogen-bond donors (Lipinski definition) is 1. The van der Waals surface area contributed by atoms with Crippen molar-refractivity contribution in [1.82, 2.24) is 0 Å². The van der Waals surface area contributed by atoms with Crippen LogP contribution in [0.15, 0.2) is 30.3 Å². The van der Waals surface area contributed by atoms with Crippen LogP contribution in [0.2, 0.25) is 0 Å². The van der Waals surface area contributed by atoms with E-state index in [9.17, 15) is 5.11 Å². The number of ether oxygens (including phenoxy) is 1. The molecule has 1 unspecified atom stereocenters. The minimum absolute atomic E-state index is 0.376. The first-order valence-electron chi connectivity index (χ1n) is 5.58. The van der Waals surface area contributed by atoms with Crippen LogP contribution in [0.5, 0.6) is 0 Å². The van der Waals surface area contributed by atoms with Crippen LogP contribution in [0, 0.1) is 0 Å². The smallest absolute Gasteiger partial charge is 0.113 e. The summed E-state index contributed by atoms with van der Waals surface area (Å²) < 4.78 is 5.36. The average molecular weight is 208 g/mol. The molecule has 15 heavy (non-hydrogen) atoms. The average Bonchev–Trinajstić information content (AvgIpc) is 2.28. The molecule has 0 aliphatic rings. The third-order valence-corrected chi connectivity index (χ3v) is 2.52. The van der Waals surface area contributed by atoms with E-state index in [0.29, 0.717) is 13.2 Å². The van der Waals surface area contributed by atoms with Gasteiger partial charge in [-0.1, -0.05) is 43.7 Å². The van der Waals surface area contributed by atoms with Gasteiger partial charge in [0.15, 0.2) is 0 Å². The normalized spacial score (nSPS) is 14.9. The molecule has 2 heteroatoms. The summed E-state index contributed by atoms with van der Waals surface area (Å²) in [6, 6.07) is 9.75. The van der Waals surface area contributed by atoms with Crippen molar-refractivity contribution < 1.29 is 9.84 Å². The molecule has 84 valence electrons. The Morgan fingerprint density at radius 3 is 2.40 bits per heavy atom. The fourth-order valence-electron chi connectivity index (χ4n) is 1.73. The SMILES string of the molecule is CCCC(O)(COCC)c1ccccc1. The van der Waals surface area contributed by atoms with E-state index in [-0.39, 0.29) is 0 Å². The van der Waals surface area contributed by atoms with E-state index in [0.717, 1.165) is 18.4 Å². The van der Waals surface area contributed by atoms with Gasteiger partial charge in [0.2, 0.25) is 0 Å². The molecule has 2 nitrogen and oxygen atoms in total. The van der Waals surface area contributed by atoms with Gasteiger partial charge in [-0.2, -0.15) is 0 Å². The van der Waals surface area contributed by atoms with E-state index in [2.05, 4.69) is 6.92 Å². The molecule has 0 aliphatic carbocycles. The molecule has 0 fully saturated rings. The molecule has 1 aromatic carbocycles. The Morgan fingerprint density at radius 2 is 1.87 bits per heavy atom. The van der Waals surface area contributed by atoms with Crippen molar-refractivity contribution in [1.29, 1.82) is 0 Å². The molecule has 1 rings (SSSR count). The maximum Gasteiger partial charge on any atom is 0.113 e. The van der Waals surface area contributed by atoms with Gasteiger partial charge in [-0.25, -0.2) is 0 Å². The zero-order valence-electron chi connectivity index (χ0n) is 9.57. The summed E-state index contributed by atoms with van der Waals surface area (Å²) in [5, 5.41) is 10.5. The van der Waals surface area contributed by atoms with Gasteiger partial charge in [-0.05, 0) is 18.9 Å². The molecule has 1 N–H and O–H groups in total. The van der Waals surface area contributed by atoms with Crippen LogP contribution in [0.3, 0.4) is 0 Å². The first-order chi connectivity index (χ1) is 7.23. The van der Waals surface area contributed by atoms with Gasteiger partial charge in [0.25, 0.3) is 0 Å². The Labute approximate surface area is 91.9 Å². The van der Waals surface area contributed by atoms with Crippen LogP contribution in [-0.4, -0.2) is 18.3 Å². The molecule has 0 saturated carbocycles. The molecular weight excluding hydrogens is 188 g/mol. The molecule has 0 radical (unpaired) electrons. The molecule has 0 amide bonds. The van der Waals surface area contributed by atoms with Gasteiger partial charge in [0.05, 0.1) is 6.61 Å². The zero-order valence-corrected chi connectivity index (χ0v) is 9.57. The second kappa shape index (κ2) is 5.89. The maximum atomic E-state index is 10.5. The summed E-state index contributed by atoms with van der Waals surface area (Å²) >= 11 is 0. The zero-order chi connectivity index (χ0) is 11.1. The molecule has 0 aliphatic heterocycles. The van der Waals surface area contributed by atoms with Crippen molar-refractivity contribution in [2.45, 2.75) is 32.3 Å². The van der Waals surface area contributed by atoms with Crippen LogP contribution in [0.25, 0.3) is 0 Å². The van der Waals surface area contributed by atoms with Gasteiger partial charge in [-0.15, -0.1) is 0 Å². The fourth-order valence-corrected chi connectivity index (χ4v) is 1.73. The monoisotopic (exact) mass is 208 g/mol. The van der Waals surface area contributed by atoms with E-state index in [1.165, 1.54) is 0 Å². The van der Waals surface area contributed by atoms with Crippen molar-refractivity contribution in [3.05, 3.63) is 35.9 Å². The fraction of sp³-hybridized carbons (Fsp3) is 0.538. The van der Waals surface area contributed by atoms with E-state index in [1.807, 2.05) is 37.3 Å². The number of benzene rings is 1. The third kappa shape index (κ3) is 3.33. The highest BCUT2D eigenvalue weighted by Crippen LogP contribution is 2.26. The Hall–Kier alpha value is -0.860. The van der Waals surface area contributed by atoms with Crippen LogP contribution in [0.1, 0.15) is 32.3 Å². The Bertz CT molecular complexity index is 271. The van der Waals surface area contributed by atoms with Crippen molar-refractivity contribution in [2.75, 3.05) is 13.2 Å². The van der Waals surface area contributed by atoms with Crippen molar-refractivity contribution >= 4 is 0 Å². The Morgan fingerprint density at radius 1 is 1.20 bits per heavy atom. The third-order valence-electron chi connectivity index (χ3n) is 2.52. The van der Waals surface area contributed by atoms with Crippen molar-refractivity contribution in [3.63, 3.8) is 0 Å². The highest BCUT2D eigenvalue weighted by Gasteiger charge is 2.28. The maximum absolute atomic E-state index is 10.5. The molecule has 0 heterocycles.